The average molecular weight is 432 g/mol. The highest BCUT2D eigenvalue weighted by Crippen LogP contribution is 2.39. The molecule has 158 valence electrons. The molecule has 6 nitrogen and oxygen atoms in total. The first-order valence-corrected chi connectivity index (χ1v) is 10.9. The van der Waals surface area contributed by atoms with Crippen molar-refractivity contribution in [3.8, 4) is 21.8 Å². The molecule has 2 aromatic heterocycles. The maximum absolute atomic E-state index is 12.2. The summed E-state index contributed by atoms with van der Waals surface area (Å²) in [4.78, 5) is 20.1. The van der Waals surface area contributed by atoms with Gasteiger partial charge in [-0.3, -0.25) is 4.79 Å². The third kappa shape index (κ3) is 4.51. The van der Waals surface area contributed by atoms with Gasteiger partial charge in [-0.05, 0) is 44.2 Å². The lowest BCUT2D eigenvalue weighted by atomic mass is 10.1. The summed E-state index contributed by atoms with van der Waals surface area (Å²) in [5, 5.41) is 8.81. The fourth-order valence-electron chi connectivity index (χ4n) is 3.22. The summed E-state index contributed by atoms with van der Waals surface area (Å²) in [5.41, 5.74) is 4.58. The lowest BCUT2D eigenvalue weighted by Gasteiger charge is -2.12. The molecule has 0 aliphatic carbocycles. The van der Waals surface area contributed by atoms with Gasteiger partial charge in [0.15, 0.2) is 5.13 Å². The van der Waals surface area contributed by atoms with E-state index in [1.807, 2.05) is 70.4 Å². The normalized spacial score (nSPS) is 11.0. The van der Waals surface area contributed by atoms with E-state index in [9.17, 15) is 4.79 Å². The Morgan fingerprint density at radius 3 is 2.32 bits per heavy atom. The zero-order valence-corrected chi connectivity index (χ0v) is 18.9. The van der Waals surface area contributed by atoms with Crippen LogP contribution in [0.15, 0.2) is 71.5 Å². The maximum Gasteiger partial charge on any atom is 0.267 e. The molecule has 0 saturated carbocycles. The van der Waals surface area contributed by atoms with Gasteiger partial charge in [-0.25, -0.2) is 9.67 Å². The Morgan fingerprint density at radius 1 is 0.968 bits per heavy atom. The van der Waals surface area contributed by atoms with Gasteiger partial charge < -0.3 is 10.2 Å². The molecule has 0 aliphatic rings. The Balaban J connectivity index is 1.77. The molecule has 0 radical (unpaired) electrons. The lowest BCUT2D eigenvalue weighted by molar-refractivity contribution is 0.505. The van der Waals surface area contributed by atoms with Crippen LogP contribution in [0.25, 0.3) is 21.8 Å². The summed E-state index contributed by atoms with van der Waals surface area (Å²) in [7, 11) is 4.04. The Labute approximate surface area is 185 Å². The van der Waals surface area contributed by atoms with E-state index < -0.39 is 0 Å². The average Bonchev–Trinajstić information content (AvgIpc) is 3.18. The van der Waals surface area contributed by atoms with Crippen LogP contribution in [0, 0.1) is 0 Å². The van der Waals surface area contributed by atoms with E-state index >= 15 is 0 Å². The lowest BCUT2D eigenvalue weighted by Crippen LogP contribution is -2.23. The summed E-state index contributed by atoms with van der Waals surface area (Å²) in [6.07, 6.45) is 0. The Hall–Kier alpha value is -3.45. The highest BCUT2D eigenvalue weighted by molar-refractivity contribution is 7.19. The number of aromatic nitrogens is 3. The fraction of sp³-hybridized carbons (Fsp3) is 0.208. The number of nitrogens with zero attached hydrogens (tertiary/aromatic N) is 4. The number of anilines is 3. The van der Waals surface area contributed by atoms with Crippen LogP contribution in [0.1, 0.15) is 19.9 Å². The van der Waals surface area contributed by atoms with Gasteiger partial charge in [-0.2, -0.15) is 5.10 Å². The Morgan fingerprint density at radius 2 is 1.68 bits per heavy atom. The van der Waals surface area contributed by atoms with Gasteiger partial charge in [-0.15, -0.1) is 0 Å². The van der Waals surface area contributed by atoms with Gasteiger partial charge in [0.2, 0.25) is 0 Å². The van der Waals surface area contributed by atoms with Gasteiger partial charge in [0.25, 0.3) is 5.56 Å². The molecule has 0 atom stereocenters. The third-order valence-corrected chi connectivity index (χ3v) is 5.85. The predicted octanol–water partition coefficient (Wildman–Crippen LogP) is 5.42. The molecule has 31 heavy (non-hydrogen) atoms. The van der Waals surface area contributed by atoms with E-state index in [2.05, 4.69) is 27.4 Å². The smallest absolute Gasteiger partial charge is 0.267 e. The van der Waals surface area contributed by atoms with Crippen LogP contribution in [0.4, 0.5) is 16.5 Å². The molecule has 0 fully saturated rings. The minimum atomic E-state index is -0.108. The summed E-state index contributed by atoms with van der Waals surface area (Å²) >= 11 is 1.53. The molecule has 0 aliphatic heterocycles. The number of rotatable bonds is 6. The Bertz CT molecular complexity index is 1230. The summed E-state index contributed by atoms with van der Waals surface area (Å²) in [6.45, 7) is 3.90. The van der Waals surface area contributed by atoms with E-state index in [1.54, 1.807) is 12.1 Å². The van der Waals surface area contributed by atoms with Crippen LogP contribution in [0.3, 0.4) is 0 Å². The van der Waals surface area contributed by atoms with Gasteiger partial charge in [-0.1, -0.05) is 41.7 Å². The number of thiazole rings is 1. The van der Waals surface area contributed by atoms with Crippen molar-refractivity contribution in [2.75, 3.05) is 24.3 Å². The second kappa shape index (κ2) is 8.73. The van der Waals surface area contributed by atoms with E-state index in [-0.39, 0.29) is 11.6 Å². The molecule has 0 amide bonds. The van der Waals surface area contributed by atoms with Crippen molar-refractivity contribution in [2.45, 2.75) is 19.9 Å². The maximum atomic E-state index is 12.2. The minimum absolute atomic E-state index is 0.0200. The molecule has 7 heteroatoms. The molecule has 0 saturated heterocycles. The van der Waals surface area contributed by atoms with Crippen molar-refractivity contribution in [3.63, 3.8) is 0 Å². The number of hydrogen-bond acceptors (Lipinski definition) is 6. The molecule has 0 unspecified atom stereocenters. The van der Waals surface area contributed by atoms with Crippen LogP contribution in [0.5, 0.6) is 0 Å². The third-order valence-electron chi connectivity index (χ3n) is 4.86. The van der Waals surface area contributed by atoms with E-state index in [4.69, 9.17) is 4.98 Å². The van der Waals surface area contributed by atoms with Crippen molar-refractivity contribution < 1.29 is 0 Å². The number of benzene rings is 2. The van der Waals surface area contributed by atoms with Crippen LogP contribution in [-0.4, -0.2) is 28.9 Å². The van der Waals surface area contributed by atoms with Crippen LogP contribution in [-0.2, 0) is 0 Å². The van der Waals surface area contributed by atoms with Gasteiger partial charge in [0.1, 0.15) is 5.69 Å². The highest BCUT2D eigenvalue weighted by atomic mass is 32.1. The van der Waals surface area contributed by atoms with E-state index in [0.29, 0.717) is 0 Å². The predicted molar refractivity (Wildman–Crippen MR) is 129 cm³/mol. The molecular formula is C24H25N5OS. The molecule has 0 spiro atoms. The van der Waals surface area contributed by atoms with Crippen molar-refractivity contribution in [1.82, 2.24) is 14.8 Å². The largest absolute Gasteiger partial charge is 0.378 e. The van der Waals surface area contributed by atoms with Crippen molar-refractivity contribution in [3.05, 3.63) is 77.1 Å². The monoisotopic (exact) mass is 431 g/mol. The van der Waals surface area contributed by atoms with Crippen LogP contribution in [0.2, 0.25) is 0 Å². The van der Waals surface area contributed by atoms with Crippen molar-refractivity contribution in [1.29, 1.82) is 0 Å². The molecule has 4 aromatic rings. The quantitative estimate of drug-likeness (QED) is 0.441. The molecule has 1 N–H and O–H groups in total. The molecule has 2 aromatic carbocycles. The summed E-state index contributed by atoms with van der Waals surface area (Å²) in [6, 6.07) is 21.6. The number of nitrogens with one attached hydrogen (secondary N) is 1. The van der Waals surface area contributed by atoms with E-state index in [1.165, 1.54) is 16.0 Å². The molecule has 4 rings (SSSR count). The number of hydrogen-bond donors (Lipinski definition) is 1. The highest BCUT2D eigenvalue weighted by Gasteiger charge is 2.18. The molecular weight excluding hydrogens is 406 g/mol. The second-order valence-electron chi connectivity index (χ2n) is 7.72. The summed E-state index contributed by atoms with van der Waals surface area (Å²) < 4.78 is 1.51. The zero-order valence-electron chi connectivity index (χ0n) is 18.0. The fourth-order valence-corrected chi connectivity index (χ4v) is 4.19. The Kier molecular flexibility index (Phi) is 5.86. The van der Waals surface area contributed by atoms with Crippen LogP contribution >= 0.6 is 11.3 Å². The van der Waals surface area contributed by atoms with Gasteiger partial charge >= 0.3 is 0 Å². The van der Waals surface area contributed by atoms with Crippen LogP contribution < -0.4 is 15.8 Å². The van der Waals surface area contributed by atoms with E-state index in [0.717, 1.165) is 38.3 Å². The summed E-state index contributed by atoms with van der Waals surface area (Å²) in [5.74, 6) is 0. The first-order valence-electron chi connectivity index (χ1n) is 10.1. The standard InChI is InChI=1S/C24H25N5OS/c1-16(2)29-21(30)15-14-20(27-29)23-22(17-8-6-5-7-9-17)26-24(31-23)25-18-10-12-19(13-11-18)28(3)4/h5-16H,1-4H3,(H,25,26). The molecule has 2 heterocycles. The first kappa shape index (κ1) is 20.8. The molecule has 0 bridgehead atoms. The minimum Gasteiger partial charge on any atom is -0.378 e. The second-order valence-corrected chi connectivity index (χ2v) is 8.72. The topological polar surface area (TPSA) is 63.1 Å². The van der Waals surface area contributed by atoms with Crippen molar-refractivity contribution >= 4 is 27.8 Å². The van der Waals surface area contributed by atoms with Crippen molar-refractivity contribution in [2.24, 2.45) is 0 Å². The zero-order chi connectivity index (χ0) is 22.0. The van der Waals surface area contributed by atoms with Gasteiger partial charge in [0.05, 0.1) is 16.6 Å². The first-order chi connectivity index (χ1) is 14.9. The van der Waals surface area contributed by atoms with Gasteiger partial charge in [0, 0.05) is 37.1 Å². The SMILES string of the molecule is CC(C)n1nc(-c2sc(Nc3ccc(N(C)C)cc3)nc2-c2ccccc2)ccc1=O.